The number of hydrogen-bond acceptors (Lipinski definition) is 5. The van der Waals surface area contributed by atoms with E-state index in [0.29, 0.717) is 11.5 Å². The molecular weight excluding hydrogens is 254 g/mol. The Hall–Kier alpha value is -1.88. The topological polar surface area (TPSA) is 68.9 Å². The molecule has 3 N–H and O–H groups in total. The van der Waals surface area contributed by atoms with Crippen LogP contribution < -0.4 is 20.5 Å². The highest BCUT2D eigenvalue weighted by Gasteiger charge is 2.29. The lowest BCUT2D eigenvalue weighted by Gasteiger charge is -2.24. The summed E-state index contributed by atoms with van der Waals surface area (Å²) in [7, 11) is 3.15. The molecule has 0 saturated heterocycles. The summed E-state index contributed by atoms with van der Waals surface area (Å²) >= 11 is 6.43. The van der Waals surface area contributed by atoms with Crippen LogP contribution in [-0.4, -0.2) is 20.2 Å². The largest absolute Gasteiger partial charge is 0.493 e. The van der Waals surface area contributed by atoms with Crippen LogP contribution in [0.2, 0.25) is 0 Å². The molecule has 0 spiro atoms. The first-order chi connectivity index (χ1) is 8.59. The third kappa shape index (κ3) is 2.22. The maximum absolute atomic E-state index is 6.43. The third-order valence-electron chi connectivity index (χ3n) is 2.61. The summed E-state index contributed by atoms with van der Waals surface area (Å²) in [5, 5.41) is 2.76. The number of nitrogens with two attached hydrogens (primary N) is 1. The average Bonchev–Trinajstić information content (AvgIpc) is 2.37. The van der Waals surface area contributed by atoms with Crippen molar-refractivity contribution < 1.29 is 9.47 Å². The van der Waals surface area contributed by atoms with Crippen molar-refractivity contribution in [1.82, 2.24) is 5.32 Å². The fourth-order valence-electron chi connectivity index (χ4n) is 1.70. The number of guanidine groups is 1. The summed E-state index contributed by atoms with van der Waals surface area (Å²) in [6, 6.07) is 5.37. The van der Waals surface area contributed by atoms with Gasteiger partial charge >= 0.3 is 0 Å². The molecule has 1 heterocycles. The molecule has 0 aromatic heterocycles. The number of alkyl halides is 1. The van der Waals surface area contributed by atoms with E-state index in [1.165, 1.54) is 0 Å². The Morgan fingerprint density at radius 1 is 1.28 bits per heavy atom. The quantitative estimate of drug-likeness (QED) is 0.644. The first-order valence-electron chi connectivity index (χ1n) is 5.30. The summed E-state index contributed by atoms with van der Waals surface area (Å²) in [6.07, 6.45) is 3.37. The van der Waals surface area contributed by atoms with Crippen molar-refractivity contribution in [3.05, 3.63) is 36.0 Å². The van der Waals surface area contributed by atoms with Gasteiger partial charge in [0.15, 0.2) is 22.5 Å². The molecule has 1 unspecified atom stereocenters. The molecule has 0 saturated carbocycles. The molecule has 0 amide bonds. The Morgan fingerprint density at radius 2 is 2.00 bits per heavy atom. The lowest BCUT2D eigenvalue weighted by Crippen LogP contribution is -2.34. The Labute approximate surface area is 110 Å². The molecule has 5 nitrogen and oxygen atoms in total. The van der Waals surface area contributed by atoms with E-state index in [9.17, 15) is 0 Å². The van der Waals surface area contributed by atoms with Gasteiger partial charge in [0.1, 0.15) is 0 Å². The van der Waals surface area contributed by atoms with Crippen LogP contribution in [0.5, 0.6) is 11.5 Å². The summed E-state index contributed by atoms with van der Waals surface area (Å²) in [5.41, 5.74) is 6.37. The van der Waals surface area contributed by atoms with Crippen LogP contribution in [-0.2, 0) is 5.00 Å². The van der Waals surface area contributed by atoms with Gasteiger partial charge in [-0.3, -0.25) is 0 Å². The van der Waals surface area contributed by atoms with Crippen LogP contribution in [0.3, 0.4) is 0 Å². The van der Waals surface area contributed by atoms with Gasteiger partial charge in [0, 0.05) is 11.8 Å². The summed E-state index contributed by atoms with van der Waals surface area (Å²) in [5.74, 6) is 1.49. The van der Waals surface area contributed by atoms with Gasteiger partial charge in [-0.15, -0.1) is 0 Å². The number of methoxy groups -OCH3 is 2. The predicted octanol–water partition coefficient (Wildman–Crippen LogP) is 1.53. The molecule has 0 aliphatic carbocycles. The highest BCUT2D eigenvalue weighted by molar-refractivity contribution is 6.26. The van der Waals surface area contributed by atoms with Crippen molar-refractivity contribution in [3.63, 3.8) is 0 Å². The Morgan fingerprint density at radius 3 is 2.61 bits per heavy atom. The van der Waals surface area contributed by atoms with Crippen molar-refractivity contribution >= 4 is 17.6 Å². The zero-order chi connectivity index (χ0) is 13.2. The van der Waals surface area contributed by atoms with Crippen molar-refractivity contribution in [1.29, 1.82) is 0 Å². The summed E-state index contributed by atoms with van der Waals surface area (Å²) in [4.78, 5) is 3.16. The Balaban J connectivity index is 2.45. The minimum atomic E-state index is -1.02. The van der Waals surface area contributed by atoms with Gasteiger partial charge in [-0.05, 0) is 18.2 Å². The van der Waals surface area contributed by atoms with E-state index in [1.54, 1.807) is 38.6 Å². The molecule has 0 radical (unpaired) electrons. The summed E-state index contributed by atoms with van der Waals surface area (Å²) < 4.78 is 10.4. The van der Waals surface area contributed by atoms with E-state index in [2.05, 4.69) is 10.3 Å². The molecule has 18 heavy (non-hydrogen) atoms. The average molecular weight is 268 g/mol. The lowest BCUT2D eigenvalue weighted by molar-refractivity contribution is 0.354. The maximum Gasteiger partial charge on any atom is 0.195 e. The number of nitrogens with one attached hydrogen (secondary N) is 1. The van der Waals surface area contributed by atoms with Gasteiger partial charge in [0.25, 0.3) is 0 Å². The summed E-state index contributed by atoms with van der Waals surface area (Å²) in [6.45, 7) is 0. The van der Waals surface area contributed by atoms with E-state index < -0.39 is 5.00 Å². The second-order valence-electron chi connectivity index (χ2n) is 3.72. The number of ether oxygens (including phenoxy) is 2. The first kappa shape index (κ1) is 12.6. The van der Waals surface area contributed by atoms with Gasteiger partial charge in [-0.2, -0.15) is 0 Å². The smallest absolute Gasteiger partial charge is 0.195 e. The normalized spacial score (nSPS) is 22.1. The van der Waals surface area contributed by atoms with Gasteiger partial charge in [-0.25, -0.2) is 4.99 Å². The minimum Gasteiger partial charge on any atom is -0.493 e. The van der Waals surface area contributed by atoms with E-state index >= 15 is 0 Å². The van der Waals surface area contributed by atoms with Crippen LogP contribution in [0.15, 0.2) is 35.5 Å². The van der Waals surface area contributed by atoms with Gasteiger partial charge in [-0.1, -0.05) is 17.7 Å². The Bertz CT molecular complexity index is 516. The van der Waals surface area contributed by atoms with Gasteiger partial charge < -0.3 is 20.5 Å². The molecule has 1 aliphatic heterocycles. The second kappa shape index (κ2) is 4.78. The molecule has 0 bridgehead atoms. The number of halogens is 1. The van der Waals surface area contributed by atoms with E-state index in [4.69, 9.17) is 26.8 Å². The number of rotatable bonds is 3. The minimum absolute atomic E-state index is 0.266. The Kier molecular flexibility index (Phi) is 3.34. The fraction of sp³-hybridized carbons (Fsp3) is 0.250. The van der Waals surface area contributed by atoms with E-state index in [-0.39, 0.29) is 5.96 Å². The lowest BCUT2D eigenvalue weighted by atomic mass is 10.1. The molecule has 6 heteroatoms. The number of aliphatic imine (C=N–C) groups is 1. The van der Waals surface area contributed by atoms with Crippen LogP contribution >= 0.6 is 11.6 Å². The van der Waals surface area contributed by atoms with Gasteiger partial charge in [0.05, 0.1) is 14.2 Å². The zero-order valence-corrected chi connectivity index (χ0v) is 10.9. The van der Waals surface area contributed by atoms with E-state index in [1.807, 2.05) is 6.07 Å². The molecule has 2 rings (SSSR count). The van der Waals surface area contributed by atoms with Crippen LogP contribution in [0, 0.1) is 0 Å². The van der Waals surface area contributed by atoms with Crippen LogP contribution in [0.4, 0.5) is 0 Å². The first-order valence-corrected chi connectivity index (χ1v) is 5.68. The highest BCUT2D eigenvalue weighted by Crippen LogP contribution is 2.38. The molecule has 96 valence electrons. The molecule has 1 aliphatic rings. The monoisotopic (exact) mass is 267 g/mol. The van der Waals surface area contributed by atoms with Crippen molar-refractivity contribution in [3.8, 4) is 11.5 Å². The van der Waals surface area contributed by atoms with Gasteiger partial charge in [0.2, 0.25) is 0 Å². The van der Waals surface area contributed by atoms with Crippen LogP contribution in [0.1, 0.15) is 5.56 Å². The fourth-order valence-corrected chi connectivity index (χ4v) is 1.97. The van der Waals surface area contributed by atoms with Crippen molar-refractivity contribution in [2.75, 3.05) is 14.2 Å². The zero-order valence-electron chi connectivity index (χ0n) is 10.1. The second-order valence-corrected chi connectivity index (χ2v) is 4.29. The molecule has 1 aromatic carbocycles. The number of hydrogen-bond donors (Lipinski definition) is 2. The maximum atomic E-state index is 6.43. The number of nitrogens with zero attached hydrogens (tertiary/aromatic N) is 1. The molecular formula is C12H14ClN3O2. The van der Waals surface area contributed by atoms with Crippen molar-refractivity contribution in [2.24, 2.45) is 10.7 Å². The molecule has 1 atom stereocenters. The standard InChI is InChI=1S/C12H14ClN3O2/c1-17-9-4-3-8(7-10(9)18-2)12(13)5-6-15-11(14)16-12/h3-7H,1-2H3,(H3,14,15,16). The number of benzene rings is 1. The molecule has 1 aromatic rings. The predicted molar refractivity (Wildman–Crippen MR) is 71.0 cm³/mol. The van der Waals surface area contributed by atoms with E-state index in [0.717, 1.165) is 5.56 Å². The highest BCUT2D eigenvalue weighted by atomic mass is 35.5. The molecule has 0 fully saturated rings. The van der Waals surface area contributed by atoms with Crippen molar-refractivity contribution in [2.45, 2.75) is 5.00 Å². The SMILES string of the molecule is COc1ccc(C2(Cl)C=CNC(N)=N2)cc1OC. The third-order valence-corrected chi connectivity index (χ3v) is 3.04. The van der Waals surface area contributed by atoms with Crippen LogP contribution in [0.25, 0.3) is 0 Å².